The number of benzene rings is 1. The van der Waals surface area contributed by atoms with Crippen LogP contribution in [0.4, 0.5) is 4.79 Å². The SMILES string of the molecule is Cn1cc(CN2C(=O)C3C=C(S(=O)(=O)NC4(C)CC4)SC3N(Cc3ccc(OC4CC4)cc3)C2=O)cn1. The molecule has 0 radical (unpaired) electrons. The minimum Gasteiger partial charge on any atom is -0.490 e. The van der Waals surface area contributed by atoms with Crippen molar-refractivity contribution in [3.63, 3.8) is 0 Å². The van der Waals surface area contributed by atoms with E-state index in [9.17, 15) is 18.0 Å². The lowest BCUT2D eigenvalue weighted by Crippen LogP contribution is -2.58. The van der Waals surface area contributed by atoms with Crippen LogP contribution in [0.15, 0.2) is 47.0 Å². The number of aryl methyl sites for hydroxylation is 1. The molecule has 1 aromatic carbocycles. The lowest BCUT2D eigenvalue weighted by Gasteiger charge is -2.41. The Morgan fingerprint density at radius 3 is 2.49 bits per heavy atom. The van der Waals surface area contributed by atoms with Crippen molar-refractivity contribution in [2.45, 2.75) is 62.7 Å². The lowest BCUT2D eigenvalue weighted by atomic mass is 10.0. The van der Waals surface area contributed by atoms with E-state index in [0.29, 0.717) is 0 Å². The van der Waals surface area contributed by atoms with Crippen molar-refractivity contribution in [3.05, 3.63) is 58.1 Å². The number of thioether (sulfide) groups is 1. The Labute approximate surface area is 220 Å². The summed E-state index contributed by atoms with van der Waals surface area (Å²) < 4.78 is 36.6. The van der Waals surface area contributed by atoms with Crippen LogP contribution >= 0.6 is 11.8 Å². The molecular weight excluding hydrogens is 514 g/mol. The zero-order valence-corrected chi connectivity index (χ0v) is 22.3. The summed E-state index contributed by atoms with van der Waals surface area (Å²) in [5.41, 5.74) is 1.14. The Bertz CT molecular complexity index is 1380. The monoisotopic (exact) mass is 543 g/mol. The summed E-state index contributed by atoms with van der Waals surface area (Å²) in [5, 5.41) is 3.49. The molecule has 6 rings (SSSR count). The predicted molar refractivity (Wildman–Crippen MR) is 137 cm³/mol. The van der Waals surface area contributed by atoms with Crippen LogP contribution in [0.25, 0.3) is 0 Å². The summed E-state index contributed by atoms with van der Waals surface area (Å²) in [4.78, 5) is 30.0. The standard InChI is InChI=1S/C25H29N5O5S2/c1-25(9-10-25)27-37(33,34)21-11-20-22(31)29(15-17-12-26-28(2)13-17)24(32)30(23(20)36-21)14-16-3-5-18(6-4-16)35-19-7-8-19/h3-6,11-13,19-20,23,27H,7-10,14-15H2,1-2H3. The van der Waals surface area contributed by atoms with Crippen LogP contribution in [-0.2, 0) is 35.0 Å². The molecule has 2 aromatic rings. The van der Waals surface area contributed by atoms with Crippen LogP contribution in [0.5, 0.6) is 5.75 Å². The smallest absolute Gasteiger partial charge is 0.328 e. The van der Waals surface area contributed by atoms with Gasteiger partial charge in [0.1, 0.15) is 15.4 Å². The summed E-state index contributed by atoms with van der Waals surface area (Å²) >= 11 is 1.06. The van der Waals surface area contributed by atoms with Crippen LogP contribution in [0.2, 0.25) is 0 Å². The van der Waals surface area contributed by atoms with Gasteiger partial charge in [-0.15, -0.1) is 0 Å². The number of nitrogens with zero attached hydrogens (tertiary/aromatic N) is 4. The molecular formula is C25H29N5O5S2. The van der Waals surface area contributed by atoms with Gasteiger partial charge in [0.15, 0.2) is 0 Å². The quantitative estimate of drug-likeness (QED) is 0.517. The second-order valence-electron chi connectivity index (χ2n) is 10.5. The Morgan fingerprint density at radius 1 is 1.14 bits per heavy atom. The maximum absolute atomic E-state index is 13.7. The Morgan fingerprint density at radius 2 is 1.86 bits per heavy atom. The fourth-order valence-electron chi connectivity index (χ4n) is 4.55. The van der Waals surface area contributed by atoms with Gasteiger partial charge < -0.3 is 9.64 Å². The molecule has 1 saturated heterocycles. The van der Waals surface area contributed by atoms with Gasteiger partial charge in [0.05, 0.1) is 24.8 Å². The van der Waals surface area contributed by atoms with E-state index < -0.39 is 38.8 Å². The number of hydrogen-bond acceptors (Lipinski definition) is 7. The van der Waals surface area contributed by atoms with E-state index >= 15 is 0 Å². The van der Waals surface area contributed by atoms with E-state index in [1.165, 1.54) is 11.0 Å². The number of urea groups is 1. The average Bonchev–Trinajstić information content (AvgIpc) is 3.70. The molecule has 3 amide bonds. The van der Waals surface area contributed by atoms with Gasteiger partial charge in [0, 0.05) is 30.9 Å². The molecule has 2 unspecified atom stereocenters. The molecule has 12 heteroatoms. The molecule has 3 heterocycles. The number of fused-ring (bicyclic) bond motifs is 1. The number of amides is 3. The van der Waals surface area contributed by atoms with E-state index in [1.807, 2.05) is 31.2 Å². The topological polar surface area (TPSA) is 114 Å². The van der Waals surface area contributed by atoms with E-state index in [-0.39, 0.29) is 23.4 Å². The third-order valence-electron chi connectivity index (χ3n) is 7.04. The molecule has 3 fully saturated rings. The molecule has 0 spiro atoms. The van der Waals surface area contributed by atoms with Gasteiger partial charge in [-0.05, 0) is 56.4 Å². The highest BCUT2D eigenvalue weighted by molar-refractivity contribution is 8.18. The maximum atomic E-state index is 13.7. The van der Waals surface area contributed by atoms with E-state index in [1.54, 1.807) is 29.0 Å². The zero-order chi connectivity index (χ0) is 25.9. The van der Waals surface area contributed by atoms with Gasteiger partial charge in [-0.2, -0.15) is 5.10 Å². The minimum atomic E-state index is -3.80. The summed E-state index contributed by atoms with van der Waals surface area (Å²) in [6, 6.07) is 7.13. The number of aromatic nitrogens is 2. The highest BCUT2D eigenvalue weighted by atomic mass is 32.3. The third-order valence-corrected chi connectivity index (χ3v) is 10.6. The summed E-state index contributed by atoms with van der Waals surface area (Å²) in [7, 11) is -2.03. The summed E-state index contributed by atoms with van der Waals surface area (Å²) in [5.74, 6) is -0.388. The molecule has 2 aliphatic carbocycles. The molecule has 0 bridgehead atoms. The summed E-state index contributed by atoms with van der Waals surface area (Å²) in [6.07, 6.45) is 8.86. The number of imide groups is 1. The van der Waals surface area contributed by atoms with Crippen LogP contribution in [0, 0.1) is 5.92 Å². The first-order valence-electron chi connectivity index (χ1n) is 12.4. The molecule has 1 aromatic heterocycles. The fraction of sp³-hybridized carbons (Fsp3) is 0.480. The Balaban J connectivity index is 1.28. The highest BCUT2D eigenvalue weighted by Gasteiger charge is 2.52. The lowest BCUT2D eigenvalue weighted by molar-refractivity contribution is -0.135. The second kappa shape index (κ2) is 8.88. The Kier molecular flexibility index (Phi) is 5.88. The molecule has 196 valence electrons. The van der Waals surface area contributed by atoms with Crippen LogP contribution in [0.3, 0.4) is 0 Å². The van der Waals surface area contributed by atoms with E-state index in [4.69, 9.17) is 4.74 Å². The van der Waals surface area contributed by atoms with Crippen molar-refractivity contribution in [2.24, 2.45) is 13.0 Å². The second-order valence-corrected chi connectivity index (χ2v) is 13.6. The van der Waals surface area contributed by atoms with Crippen LogP contribution in [0.1, 0.15) is 43.7 Å². The summed E-state index contributed by atoms with van der Waals surface area (Å²) in [6.45, 7) is 2.17. The molecule has 2 aliphatic heterocycles. The third kappa shape index (κ3) is 5.01. The van der Waals surface area contributed by atoms with Gasteiger partial charge in [-0.25, -0.2) is 17.9 Å². The molecule has 2 atom stereocenters. The normalized spacial score (nSPS) is 24.8. The average molecular weight is 544 g/mol. The molecule has 1 N–H and O–H groups in total. The largest absolute Gasteiger partial charge is 0.490 e. The van der Waals surface area contributed by atoms with Crippen molar-refractivity contribution in [1.82, 2.24) is 24.3 Å². The number of carbonyl (C=O) groups excluding carboxylic acids is 2. The van der Waals surface area contributed by atoms with Gasteiger partial charge >= 0.3 is 6.03 Å². The highest BCUT2D eigenvalue weighted by Crippen LogP contribution is 2.46. The Hall–Kier alpha value is -2.83. The van der Waals surface area contributed by atoms with Crippen LogP contribution < -0.4 is 9.46 Å². The fourth-order valence-corrected chi connectivity index (χ4v) is 7.86. The number of ether oxygens (including phenoxy) is 1. The predicted octanol–water partition coefficient (Wildman–Crippen LogP) is 2.93. The zero-order valence-electron chi connectivity index (χ0n) is 20.7. The van der Waals surface area contributed by atoms with Gasteiger partial charge in [-0.1, -0.05) is 23.9 Å². The van der Waals surface area contributed by atoms with Crippen molar-refractivity contribution in [2.75, 3.05) is 0 Å². The first kappa shape index (κ1) is 24.5. The first-order valence-corrected chi connectivity index (χ1v) is 14.7. The first-order chi connectivity index (χ1) is 17.6. The molecule has 4 aliphatic rings. The molecule has 10 nitrogen and oxygen atoms in total. The van der Waals surface area contributed by atoms with Gasteiger partial charge in [0.25, 0.3) is 0 Å². The number of rotatable bonds is 9. The van der Waals surface area contributed by atoms with Crippen molar-refractivity contribution in [1.29, 1.82) is 0 Å². The maximum Gasteiger partial charge on any atom is 0.328 e. The van der Waals surface area contributed by atoms with E-state index in [2.05, 4.69) is 9.82 Å². The number of sulfonamides is 1. The van der Waals surface area contributed by atoms with Crippen molar-refractivity contribution in [3.8, 4) is 5.75 Å². The van der Waals surface area contributed by atoms with Gasteiger partial charge in [-0.3, -0.25) is 14.4 Å². The number of hydrogen-bond donors (Lipinski definition) is 1. The molecule has 37 heavy (non-hydrogen) atoms. The minimum absolute atomic E-state index is 0.0658. The van der Waals surface area contributed by atoms with Crippen LogP contribution in [-0.4, -0.2) is 57.0 Å². The van der Waals surface area contributed by atoms with Crippen molar-refractivity contribution < 1.29 is 22.7 Å². The van der Waals surface area contributed by atoms with E-state index in [0.717, 1.165) is 54.3 Å². The number of carbonyl (C=O) groups is 2. The molecule has 2 saturated carbocycles. The van der Waals surface area contributed by atoms with Gasteiger partial charge in [0.2, 0.25) is 15.9 Å². The number of nitrogens with one attached hydrogen (secondary N) is 1. The van der Waals surface area contributed by atoms with Crippen molar-refractivity contribution >= 4 is 33.7 Å².